The predicted octanol–water partition coefficient (Wildman–Crippen LogP) is 5.57. The molecule has 194 valence electrons. The van der Waals surface area contributed by atoms with E-state index in [-0.39, 0.29) is 24.3 Å². The van der Waals surface area contributed by atoms with Crippen molar-refractivity contribution in [2.45, 2.75) is 39.5 Å². The van der Waals surface area contributed by atoms with Crippen LogP contribution in [-0.2, 0) is 16.0 Å². The number of benzene rings is 3. The summed E-state index contributed by atoms with van der Waals surface area (Å²) in [5.41, 5.74) is 3.63. The zero-order valence-corrected chi connectivity index (χ0v) is 21.6. The lowest BCUT2D eigenvalue weighted by Gasteiger charge is -2.21. The normalized spacial score (nSPS) is 10.4. The minimum atomic E-state index is -0.233. The number of aryl methyl sites for hydroxylation is 1. The second-order valence-corrected chi connectivity index (χ2v) is 8.89. The molecule has 3 N–H and O–H groups in total. The fourth-order valence-corrected chi connectivity index (χ4v) is 3.99. The Morgan fingerprint density at radius 2 is 1.32 bits per heavy atom. The Labute approximate surface area is 219 Å². The number of hydrogen-bond acceptors (Lipinski definition) is 4. The molecular formula is C30H36N4O3. The summed E-state index contributed by atoms with van der Waals surface area (Å²) in [6.07, 6.45) is 2.85. The van der Waals surface area contributed by atoms with Crippen LogP contribution < -0.4 is 16.0 Å². The first-order valence-corrected chi connectivity index (χ1v) is 12.9. The van der Waals surface area contributed by atoms with Crippen LogP contribution in [0.25, 0.3) is 0 Å². The van der Waals surface area contributed by atoms with Crippen LogP contribution in [0.1, 0.15) is 49.0 Å². The molecule has 3 aromatic rings. The third-order valence-electron chi connectivity index (χ3n) is 5.75. The van der Waals surface area contributed by atoms with Crippen molar-refractivity contribution in [2.24, 2.45) is 0 Å². The maximum absolute atomic E-state index is 12.9. The number of hydrogen-bond donors (Lipinski definition) is 3. The van der Waals surface area contributed by atoms with Gasteiger partial charge in [-0.1, -0.05) is 56.3 Å². The van der Waals surface area contributed by atoms with Crippen molar-refractivity contribution in [1.29, 1.82) is 0 Å². The van der Waals surface area contributed by atoms with Gasteiger partial charge in [0.25, 0.3) is 5.91 Å². The van der Waals surface area contributed by atoms with E-state index in [1.807, 2.05) is 47.4 Å². The summed E-state index contributed by atoms with van der Waals surface area (Å²) < 4.78 is 0. The Kier molecular flexibility index (Phi) is 10.7. The molecule has 0 bridgehead atoms. The summed E-state index contributed by atoms with van der Waals surface area (Å²) in [5, 5.41) is 8.82. The van der Waals surface area contributed by atoms with E-state index in [0.717, 1.165) is 31.5 Å². The van der Waals surface area contributed by atoms with Crippen molar-refractivity contribution in [3.63, 3.8) is 0 Å². The second-order valence-electron chi connectivity index (χ2n) is 8.89. The zero-order valence-electron chi connectivity index (χ0n) is 21.6. The lowest BCUT2D eigenvalue weighted by Crippen LogP contribution is -2.32. The van der Waals surface area contributed by atoms with Gasteiger partial charge in [0.2, 0.25) is 11.8 Å². The molecule has 0 aliphatic heterocycles. The van der Waals surface area contributed by atoms with Crippen LogP contribution >= 0.6 is 0 Å². The van der Waals surface area contributed by atoms with E-state index in [9.17, 15) is 14.4 Å². The molecule has 0 saturated carbocycles. The summed E-state index contributed by atoms with van der Waals surface area (Å²) >= 11 is 0. The van der Waals surface area contributed by atoms with Gasteiger partial charge < -0.3 is 20.9 Å². The summed E-state index contributed by atoms with van der Waals surface area (Å²) in [5.74, 6) is -0.317. The molecule has 0 heterocycles. The Morgan fingerprint density at radius 1 is 0.703 bits per heavy atom. The number of nitrogens with one attached hydrogen (secondary N) is 3. The lowest BCUT2D eigenvalue weighted by atomic mass is 10.1. The number of amides is 3. The molecule has 37 heavy (non-hydrogen) atoms. The van der Waals surface area contributed by atoms with Crippen molar-refractivity contribution in [3.05, 3.63) is 90.0 Å². The number of rotatable bonds is 13. The number of carbonyl (C=O) groups excluding carboxylic acids is 3. The lowest BCUT2D eigenvalue weighted by molar-refractivity contribution is -0.116. The van der Waals surface area contributed by atoms with E-state index in [1.165, 1.54) is 0 Å². The fraction of sp³-hybridized carbons (Fsp3) is 0.300. The van der Waals surface area contributed by atoms with E-state index in [4.69, 9.17) is 0 Å². The maximum Gasteiger partial charge on any atom is 0.253 e. The molecule has 3 aromatic carbocycles. The van der Waals surface area contributed by atoms with Crippen LogP contribution in [0.3, 0.4) is 0 Å². The Bertz CT molecular complexity index is 1170. The fourth-order valence-electron chi connectivity index (χ4n) is 3.99. The summed E-state index contributed by atoms with van der Waals surface area (Å²) in [6.45, 7) is 5.60. The minimum absolute atomic E-state index is 0.000526. The van der Waals surface area contributed by atoms with Crippen molar-refractivity contribution >= 4 is 34.8 Å². The highest BCUT2D eigenvalue weighted by molar-refractivity contribution is 5.97. The standard InChI is InChI=1S/C30H36N4O3/c1-3-18-34(19-4-2)30(37)24-12-8-13-25(20-24)31-22-29(36)33-27-15-9-14-26(21-27)32-28(35)17-16-23-10-6-5-7-11-23/h5-15,20-21,31H,3-4,16-19,22H2,1-2H3,(H,32,35)(H,33,36). The maximum atomic E-state index is 12.9. The molecule has 0 aliphatic rings. The second kappa shape index (κ2) is 14.4. The van der Waals surface area contributed by atoms with Crippen molar-refractivity contribution < 1.29 is 14.4 Å². The Hall–Kier alpha value is -4.13. The van der Waals surface area contributed by atoms with Gasteiger partial charge in [0, 0.05) is 42.1 Å². The van der Waals surface area contributed by atoms with Gasteiger partial charge in [0.05, 0.1) is 6.54 Å². The van der Waals surface area contributed by atoms with E-state index in [0.29, 0.717) is 35.5 Å². The first-order chi connectivity index (χ1) is 18.0. The molecule has 0 aromatic heterocycles. The van der Waals surface area contributed by atoms with Gasteiger partial charge in [-0.2, -0.15) is 0 Å². The summed E-state index contributed by atoms with van der Waals surface area (Å²) in [4.78, 5) is 39.6. The van der Waals surface area contributed by atoms with Crippen LogP contribution in [0.2, 0.25) is 0 Å². The molecule has 0 atom stereocenters. The zero-order chi connectivity index (χ0) is 26.5. The molecule has 3 rings (SSSR count). The number of carbonyl (C=O) groups is 3. The molecule has 3 amide bonds. The van der Waals surface area contributed by atoms with Crippen LogP contribution in [0.4, 0.5) is 17.1 Å². The predicted molar refractivity (Wildman–Crippen MR) is 150 cm³/mol. The van der Waals surface area contributed by atoms with Gasteiger partial charge in [-0.15, -0.1) is 0 Å². The van der Waals surface area contributed by atoms with Gasteiger partial charge in [0.15, 0.2) is 0 Å². The van der Waals surface area contributed by atoms with Gasteiger partial charge >= 0.3 is 0 Å². The SMILES string of the molecule is CCCN(CCC)C(=O)c1cccc(NCC(=O)Nc2cccc(NC(=O)CCc3ccccc3)c2)c1. The number of nitrogens with zero attached hydrogens (tertiary/aromatic N) is 1. The van der Waals surface area contributed by atoms with Gasteiger partial charge in [-0.05, 0) is 61.2 Å². The molecule has 7 nitrogen and oxygen atoms in total. The molecule has 0 fully saturated rings. The van der Waals surface area contributed by atoms with Crippen molar-refractivity contribution in [3.8, 4) is 0 Å². The third-order valence-corrected chi connectivity index (χ3v) is 5.75. The third kappa shape index (κ3) is 9.11. The van der Waals surface area contributed by atoms with E-state index in [2.05, 4.69) is 29.8 Å². The molecule has 0 unspecified atom stereocenters. The first-order valence-electron chi connectivity index (χ1n) is 12.9. The topological polar surface area (TPSA) is 90.5 Å². The quantitative estimate of drug-likeness (QED) is 0.286. The molecular weight excluding hydrogens is 464 g/mol. The minimum Gasteiger partial charge on any atom is -0.376 e. The molecule has 7 heteroatoms. The smallest absolute Gasteiger partial charge is 0.253 e. The van der Waals surface area contributed by atoms with Gasteiger partial charge in [-0.25, -0.2) is 0 Å². The molecule has 0 aliphatic carbocycles. The van der Waals surface area contributed by atoms with E-state index in [1.54, 1.807) is 36.4 Å². The molecule has 0 radical (unpaired) electrons. The Morgan fingerprint density at radius 3 is 2.00 bits per heavy atom. The van der Waals surface area contributed by atoms with E-state index < -0.39 is 0 Å². The average Bonchev–Trinajstić information content (AvgIpc) is 2.91. The summed E-state index contributed by atoms with van der Waals surface area (Å²) in [7, 11) is 0. The average molecular weight is 501 g/mol. The molecule has 0 saturated heterocycles. The van der Waals surface area contributed by atoms with Crippen molar-refractivity contribution in [1.82, 2.24) is 4.90 Å². The monoisotopic (exact) mass is 500 g/mol. The van der Waals surface area contributed by atoms with Crippen LogP contribution in [0, 0.1) is 0 Å². The highest BCUT2D eigenvalue weighted by Gasteiger charge is 2.14. The Balaban J connectivity index is 1.50. The summed E-state index contributed by atoms with van der Waals surface area (Å²) in [6, 6.07) is 24.2. The molecule has 0 spiro atoms. The van der Waals surface area contributed by atoms with Crippen LogP contribution in [-0.4, -0.2) is 42.3 Å². The van der Waals surface area contributed by atoms with Crippen LogP contribution in [0.15, 0.2) is 78.9 Å². The largest absolute Gasteiger partial charge is 0.376 e. The number of anilines is 3. The van der Waals surface area contributed by atoms with Crippen molar-refractivity contribution in [2.75, 3.05) is 35.6 Å². The van der Waals surface area contributed by atoms with Gasteiger partial charge in [0.1, 0.15) is 0 Å². The van der Waals surface area contributed by atoms with Crippen LogP contribution in [0.5, 0.6) is 0 Å². The van der Waals surface area contributed by atoms with E-state index >= 15 is 0 Å². The highest BCUT2D eigenvalue weighted by Crippen LogP contribution is 2.17. The first kappa shape index (κ1) is 27.5. The van der Waals surface area contributed by atoms with Gasteiger partial charge in [-0.3, -0.25) is 14.4 Å². The highest BCUT2D eigenvalue weighted by atomic mass is 16.2.